The molecular formula is C9H18N2O. The molecule has 0 aliphatic heterocycles. The van der Waals surface area contributed by atoms with Crippen molar-refractivity contribution in [2.75, 3.05) is 7.05 Å². The number of rotatable bonds is 1. The van der Waals surface area contributed by atoms with Gasteiger partial charge in [0.2, 0.25) is 5.91 Å². The van der Waals surface area contributed by atoms with Crippen molar-refractivity contribution in [1.82, 2.24) is 5.32 Å². The van der Waals surface area contributed by atoms with E-state index in [0.717, 1.165) is 19.3 Å². The summed E-state index contributed by atoms with van der Waals surface area (Å²) in [4.78, 5) is 11.3. The number of nitrogens with two attached hydrogens (primary N) is 1. The average Bonchev–Trinajstić information content (AvgIpc) is 2.08. The zero-order valence-electron chi connectivity index (χ0n) is 7.84. The lowest BCUT2D eigenvalue weighted by molar-refractivity contribution is -0.125. The fourth-order valence-electron chi connectivity index (χ4n) is 1.80. The normalized spacial score (nSPS) is 36.1. The summed E-state index contributed by atoms with van der Waals surface area (Å²) in [5, 5.41) is 2.68. The van der Waals surface area contributed by atoms with Gasteiger partial charge in [0, 0.05) is 19.0 Å². The lowest BCUT2D eigenvalue weighted by Gasteiger charge is -2.30. The monoisotopic (exact) mass is 170 g/mol. The van der Waals surface area contributed by atoms with Crippen LogP contribution in [0.2, 0.25) is 0 Å². The summed E-state index contributed by atoms with van der Waals surface area (Å²) in [6.07, 6.45) is 2.93. The first kappa shape index (κ1) is 9.52. The number of hydrogen-bond donors (Lipinski definition) is 2. The van der Waals surface area contributed by atoms with Crippen LogP contribution in [-0.4, -0.2) is 19.0 Å². The SMILES string of the molecule is CNC(=O)C1CCC(C)C(N)C1. The highest BCUT2D eigenvalue weighted by molar-refractivity contribution is 5.78. The molecule has 1 aliphatic carbocycles. The molecule has 0 spiro atoms. The van der Waals surface area contributed by atoms with Crippen LogP contribution in [-0.2, 0) is 4.79 Å². The second-order valence-electron chi connectivity index (χ2n) is 3.77. The second kappa shape index (κ2) is 3.90. The van der Waals surface area contributed by atoms with Crippen LogP contribution < -0.4 is 11.1 Å². The Balaban J connectivity index is 2.45. The van der Waals surface area contributed by atoms with E-state index in [-0.39, 0.29) is 17.9 Å². The van der Waals surface area contributed by atoms with Gasteiger partial charge in [-0.1, -0.05) is 6.92 Å². The molecular weight excluding hydrogens is 152 g/mol. The Morgan fingerprint density at radius 1 is 1.50 bits per heavy atom. The predicted octanol–water partition coefficient (Wildman–Crippen LogP) is 0.496. The Morgan fingerprint density at radius 2 is 2.17 bits per heavy atom. The quantitative estimate of drug-likeness (QED) is 0.602. The first-order valence-corrected chi connectivity index (χ1v) is 4.62. The van der Waals surface area contributed by atoms with Crippen LogP contribution in [0.4, 0.5) is 0 Å². The van der Waals surface area contributed by atoms with E-state index in [2.05, 4.69) is 12.2 Å². The van der Waals surface area contributed by atoms with Crippen molar-refractivity contribution in [2.45, 2.75) is 32.2 Å². The van der Waals surface area contributed by atoms with E-state index >= 15 is 0 Å². The molecule has 3 N–H and O–H groups in total. The largest absolute Gasteiger partial charge is 0.359 e. The first-order chi connectivity index (χ1) is 5.65. The standard InChI is InChI=1S/C9H18N2O/c1-6-3-4-7(5-8(6)10)9(12)11-2/h6-8H,3-5,10H2,1-2H3,(H,11,12). The summed E-state index contributed by atoms with van der Waals surface area (Å²) in [6, 6.07) is 0.209. The average molecular weight is 170 g/mol. The maximum absolute atomic E-state index is 11.3. The van der Waals surface area contributed by atoms with Gasteiger partial charge in [-0.05, 0) is 25.2 Å². The Bertz CT molecular complexity index is 170. The third kappa shape index (κ3) is 1.97. The Kier molecular flexibility index (Phi) is 3.09. The van der Waals surface area contributed by atoms with Crippen molar-refractivity contribution in [3.05, 3.63) is 0 Å². The van der Waals surface area contributed by atoms with Crippen molar-refractivity contribution in [3.63, 3.8) is 0 Å². The molecule has 1 fully saturated rings. The molecule has 3 nitrogen and oxygen atoms in total. The number of carbonyl (C=O) groups excluding carboxylic acids is 1. The van der Waals surface area contributed by atoms with Crippen LogP contribution in [0.25, 0.3) is 0 Å². The van der Waals surface area contributed by atoms with Gasteiger partial charge in [0.15, 0.2) is 0 Å². The molecule has 70 valence electrons. The van der Waals surface area contributed by atoms with E-state index in [0.29, 0.717) is 5.92 Å². The van der Waals surface area contributed by atoms with E-state index in [9.17, 15) is 4.79 Å². The van der Waals surface area contributed by atoms with Gasteiger partial charge in [0.1, 0.15) is 0 Å². The van der Waals surface area contributed by atoms with Crippen LogP contribution in [0.5, 0.6) is 0 Å². The van der Waals surface area contributed by atoms with Gasteiger partial charge in [-0.15, -0.1) is 0 Å². The van der Waals surface area contributed by atoms with Crippen LogP contribution in [0.15, 0.2) is 0 Å². The van der Waals surface area contributed by atoms with E-state index in [1.54, 1.807) is 7.05 Å². The molecule has 1 saturated carbocycles. The maximum Gasteiger partial charge on any atom is 0.222 e. The molecule has 3 unspecified atom stereocenters. The summed E-state index contributed by atoms with van der Waals surface area (Å²) >= 11 is 0. The van der Waals surface area contributed by atoms with Crippen molar-refractivity contribution >= 4 is 5.91 Å². The predicted molar refractivity (Wildman–Crippen MR) is 48.5 cm³/mol. The third-order valence-corrected chi connectivity index (χ3v) is 2.88. The number of amides is 1. The zero-order chi connectivity index (χ0) is 9.14. The lowest BCUT2D eigenvalue weighted by atomic mass is 9.79. The fourth-order valence-corrected chi connectivity index (χ4v) is 1.80. The highest BCUT2D eigenvalue weighted by Crippen LogP contribution is 2.27. The zero-order valence-corrected chi connectivity index (χ0v) is 7.84. The summed E-state index contributed by atoms with van der Waals surface area (Å²) in [5.41, 5.74) is 5.88. The molecule has 0 aromatic rings. The molecule has 1 amide bonds. The van der Waals surface area contributed by atoms with E-state index in [4.69, 9.17) is 5.73 Å². The Morgan fingerprint density at radius 3 is 2.67 bits per heavy atom. The highest BCUT2D eigenvalue weighted by atomic mass is 16.1. The van der Waals surface area contributed by atoms with Gasteiger partial charge in [0.25, 0.3) is 0 Å². The van der Waals surface area contributed by atoms with E-state index < -0.39 is 0 Å². The smallest absolute Gasteiger partial charge is 0.222 e. The number of nitrogens with one attached hydrogen (secondary N) is 1. The molecule has 0 aromatic heterocycles. The van der Waals surface area contributed by atoms with E-state index in [1.807, 2.05) is 0 Å². The molecule has 3 heteroatoms. The second-order valence-corrected chi connectivity index (χ2v) is 3.77. The van der Waals surface area contributed by atoms with Crippen molar-refractivity contribution in [2.24, 2.45) is 17.6 Å². The lowest BCUT2D eigenvalue weighted by Crippen LogP contribution is -2.40. The van der Waals surface area contributed by atoms with E-state index in [1.165, 1.54) is 0 Å². The number of hydrogen-bond acceptors (Lipinski definition) is 2. The molecule has 1 rings (SSSR count). The first-order valence-electron chi connectivity index (χ1n) is 4.62. The minimum atomic E-state index is 0.150. The minimum absolute atomic E-state index is 0.150. The van der Waals surface area contributed by atoms with Gasteiger partial charge in [0.05, 0.1) is 0 Å². The Labute approximate surface area is 73.7 Å². The molecule has 3 atom stereocenters. The summed E-state index contributed by atoms with van der Waals surface area (Å²) in [6.45, 7) is 2.16. The molecule has 0 radical (unpaired) electrons. The van der Waals surface area contributed by atoms with Crippen molar-refractivity contribution < 1.29 is 4.79 Å². The van der Waals surface area contributed by atoms with Gasteiger partial charge in [-0.3, -0.25) is 4.79 Å². The van der Waals surface area contributed by atoms with Gasteiger partial charge >= 0.3 is 0 Å². The van der Waals surface area contributed by atoms with Crippen LogP contribution in [0.1, 0.15) is 26.2 Å². The Hall–Kier alpha value is -0.570. The van der Waals surface area contributed by atoms with Crippen LogP contribution in [0.3, 0.4) is 0 Å². The molecule has 1 aliphatic rings. The maximum atomic E-state index is 11.3. The summed E-state index contributed by atoms with van der Waals surface area (Å²) in [5.74, 6) is 0.879. The van der Waals surface area contributed by atoms with Crippen molar-refractivity contribution in [3.8, 4) is 0 Å². The number of carbonyl (C=O) groups is 1. The van der Waals surface area contributed by atoms with Gasteiger partial charge in [-0.2, -0.15) is 0 Å². The molecule has 12 heavy (non-hydrogen) atoms. The van der Waals surface area contributed by atoms with Crippen molar-refractivity contribution in [1.29, 1.82) is 0 Å². The fraction of sp³-hybridized carbons (Fsp3) is 0.889. The van der Waals surface area contributed by atoms with Crippen LogP contribution >= 0.6 is 0 Å². The summed E-state index contributed by atoms with van der Waals surface area (Å²) < 4.78 is 0. The summed E-state index contributed by atoms with van der Waals surface area (Å²) in [7, 11) is 1.69. The highest BCUT2D eigenvalue weighted by Gasteiger charge is 2.28. The van der Waals surface area contributed by atoms with Gasteiger partial charge < -0.3 is 11.1 Å². The minimum Gasteiger partial charge on any atom is -0.359 e. The third-order valence-electron chi connectivity index (χ3n) is 2.88. The molecule has 0 aromatic carbocycles. The topological polar surface area (TPSA) is 55.1 Å². The molecule has 0 saturated heterocycles. The molecule has 0 heterocycles. The van der Waals surface area contributed by atoms with Crippen LogP contribution in [0, 0.1) is 11.8 Å². The molecule has 0 bridgehead atoms. The van der Waals surface area contributed by atoms with Gasteiger partial charge in [-0.25, -0.2) is 0 Å².